The summed E-state index contributed by atoms with van der Waals surface area (Å²) in [5, 5.41) is 9.44. The number of benzene rings is 1. The minimum atomic E-state index is 0.416. The van der Waals surface area contributed by atoms with Gasteiger partial charge in [-0.05, 0) is 25.1 Å². The van der Waals surface area contributed by atoms with Crippen LogP contribution in [0.3, 0.4) is 0 Å². The minimum Gasteiger partial charge on any atom is -0.492 e. The SMILES string of the molecule is Cc1nc2ccc(OCCC#N)cc2s1. The average molecular weight is 218 g/mol. The maximum Gasteiger partial charge on any atom is 0.120 e. The van der Waals surface area contributed by atoms with Crippen molar-refractivity contribution in [3.63, 3.8) is 0 Å². The first-order valence-corrected chi connectivity index (χ1v) is 5.48. The van der Waals surface area contributed by atoms with Crippen LogP contribution in [-0.2, 0) is 0 Å². The van der Waals surface area contributed by atoms with Crippen LogP contribution in [0.5, 0.6) is 5.75 Å². The molecule has 1 heterocycles. The lowest BCUT2D eigenvalue weighted by Gasteiger charge is -2.02. The van der Waals surface area contributed by atoms with Crippen molar-refractivity contribution in [1.29, 1.82) is 5.26 Å². The number of nitrogens with zero attached hydrogens (tertiary/aromatic N) is 2. The lowest BCUT2D eigenvalue weighted by atomic mass is 10.3. The highest BCUT2D eigenvalue weighted by molar-refractivity contribution is 7.18. The van der Waals surface area contributed by atoms with Crippen LogP contribution in [0, 0.1) is 18.3 Å². The molecule has 2 rings (SSSR count). The summed E-state index contributed by atoms with van der Waals surface area (Å²) in [5.41, 5.74) is 1.00. The topological polar surface area (TPSA) is 45.9 Å². The molecule has 0 aliphatic heterocycles. The largest absolute Gasteiger partial charge is 0.492 e. The van der Waals surface area contributed by atoms with Gasteiger partial charge in [-0.3, -0.25) is 0 Å². The second kappa shape index (κ2) is 4.28. The van der Waals surface area contributed by atoms with Gasteiger partial charge in [0.25, 0.3) is 0 Å². The fourth-order valence-corrected chi connectivity index (χ4v) is 2.18. The number of hydrogen-bond donors (Lipinski definition) is 0. The average Bonchev–Trinajstić information content (AvgIpc) is 2.57. The van der Waals surface area contributed by atoms with Crippen LogP contribution >= 0.6 is 11.3 Å². The number of thiazole rings is 1. The van der Waals surface area contributed by atoms with Gasteiger partial charge in [-0.2, -0.15) is 5.26 Å². The molecular formula is C11H10N2OS. The van der Waals surface area contributed by atoms with E-state index in [-0.39, 0.29) is 0 Å². The van der Waals surface area contributed by atoms with Gasteiger partial charge in [-0.25, -0.2) is 4.98 Å². The monoisotopic (exact) mass is 218 g/mol. The fourth-order valence-electron chi connectivity index (χ4n) is 1.32. The molecule has 0 aliphatic rings. The second-order valence-electron chi connectivity index (χ2n) is 3.12. The predicted molar refractivity (Wildman–Crippen MR) is 60.1 cm³/mol. The molecule has 0 fully saturated rings. The zero-order chi connectivity index (χ0) is 10.7. The number of ether oxygens (including phenoxy) is 1. The van der Waals surface area contributed by atoms with Crippen molar-refractivity contribution in [2.45, 2.75) is 13.3 Å². The van der Waals surface area contributed by atoms with E-state index in [0.717, 1.165) is 21.0 Å². The Kier molecular flexibility index (Phi) is 2.84. The maximum atomic E-state index is 8.38. The molecule has 0 bridgehead atoms. The van der Waals surface area contributed by atoms with Crippen LogP contribution in [0.2, 0.25) is 0 Å². The predicted octanol–water partition coefficient (Wildman–Crippen LogP) is 2.90. The smallest absolute Gasteiger partial charge is 0.120 e. The molecule has 15 heavy (non-hydrogen) atoms. The summed E-state index contributed by atoms with van der Waals surface area (Å²) in [4.78, 5) is 4.36. The lowest BCUT2D eigenvalue weighted by Crippen LogP contribution is -1.94. The van der Waals surface area contributed by atoms with Gasteiger partial charge in [0.1, 0.15) is 12.4 Å². The molecule has 0 spiro atoms. The van der Waals surface area contributed by atoms with Crippen molar-refractivity contribution in [2.75, 3.05) is 6.61 Å². The molecule has 76 valence electrons. The van der Waals surface area contributed by atoms with Gasteiger partial charge in [-0.15, -0.1) is 11.3 Å². The summed E-state index contributed by atoms with van der Waals surface area (Å²) in [6.07, 6.45) is 0.416. The van der Waals surface area contributed by atoms with Crippen molar-refractivity contribution < 1.29 is 4.74 Å². The normalized spacial score (nSPS) is 10.1. The molecular weight excluding hydrogens is 208 g/mol. The van der Waals surface area contributed by atoms with E-state index >= 15 is 0 Å². The molecule has 1 aromatic carbocycles. The molecule has 0 saturated carbocycles. The summed E-state index contributed by atoms with van der Waals surface area (Å²) in [5.74, 6) is 0.807. The Morgan fingerprint density at radius 3 is 3.20 bits per heavy atom. The highest BCUT2D eigenvalue weighted by Crippen LogP contribution is 2.25. The molecule has 1 aromatic heterocycles. The van der Waals surface area contributed by atoms with E-state index in [1.807, 2.05) is 31.2 Å². The maximum absolute atomic E-state index is 8.38. The van der Waals surface area contributed by atoms with E-state index in [1.165, 1.54) is 0 Å². The quantitative estimate of drug-likeness (QED) is 0.744. The van der Waals surface area contributed by atoms with Gasteiger partial charge >= 0.3 is 0 Å². The van der Waals surface area contributed by atoms with Crippen LogP contribution in [-0.4, -0.2) is 11.6 Å². The summed E-state index contributed by atoms with van der Waals surface area (Å²) in [6.45, 7) is 2.43. The van der Waals surface area contributed by atoms with Gasteiger partial charge in [0.05, 0.1) is 27.7 Å². The third-order valence-corrected chi connectivity index (χ3v) is 2.88. The van der Waals surface area contributed by atoms with Crippen molar-refractivity contribution in [2.24, 2.45) is 0 Å². The van der Waals surface area contributed by atoms with Gasteiger partial charge in [0.15, 0.2) is 0 Å². The van der Waals surface area contributed by atoms with E-state index in [0.29, 0.717) is 13.0 Å². The Labute approximate surface area is 91.9 Å². The van der Waals surface area contributed by atoms with Crippen LogP contribution in [0.1, 0.15) is 11.4 Å². The zero-order valence-electron chi connectivity index (χ0n) is 8.36. The third kappa shape index (κ3) is 2.25. The number of nitriles is 1. The Morgan fingerprint density at radius 2 is 2.40 bits per heavy atom. The number of aryl methyl sites for hydroxylation is 1. The van der Waals surface area contributed by atoms with Crippen molar-refractivity contribution >= 4 is 21.6 Å². The first kappa shape index (κ1) is 9.94. The number of hydrogen-bond acceptors (Lipinski definition) is 4. The van der Waals surface area contributed by atoms with Crippen molar-refractivity contribution in [3.8, 4) is 11.8 Å². The highest BCUT2D eigenvalue weighted by atomic mass is 32.1. The van der Waals surface area contributed by atoms with E-state index in [1.54, 1.807) is 11.3 Å². The Bertz CT molecular complexity index is 513. The molecule has 0 N–H and O–H groups in total. The molecule has 4 heteroatoms. The molecule has 0 atom stereocenters. The van der Waals surface area contributed by atoms with E-state index in [4.69, 9.17) is 10.00 Å². The van der Waals surface area contributed by atoms with E-state index < -0.39 is 0 Å². The molecule has 0 unspecified atom stereocenters. The highest BCUT2D eigenvalue weighted by Gasteiger charge is 2.01. The zero-order valence-corrected chi connectivity index (χ0v) is 9.17. The van der Waals surface area contributed by atoms with E-state index in [9.17, 15) is 0 Å². The first-order chi connectivity index (χ1) is 7.29. The Morgan fingerprint density at radius 1 is 1.53 bits per heavy atom. The molecule has 0 aliphatic carbocycles. The molecule has 0 amide bonds. The second-order valence-corrected chi connectivity index (χ2v) is 4.35. The van der Waals surface area contributed by atoms with Gasteiger partial charge < -0.3 is 4.74 Å². The molecule has 2 aromatic rings. The molecule has 3 nitrogen and oxygen atoms in total. The number of aromatic nitrogens is 1. The number of fused-ring (bicyclic) bond motifs is 1. The summed E-state index contributed by atoms with van der Waals surface area (Å²) >= 11 is 1.65. The van der Waals surface area contributed by atoms with Crippen molar-refractivity contribution in [3.05, 3.63) is 23.2 Å². The lowest BCUT2D eigenvalue weighted by molar-refractivity contribution is 0.327. The molecule has 0 radical (unpaired) electrons. The summed E-state index contributed by atoms with van der Waals surface area (Å²) in [7, 11) is 0. The van der Waals surface area contributed by atoms with Crippen LogP contribution in [0.4, 0.5) is 0 Å². The minimum absolute atomic E-state index is 0.416. The van der Waals surface area contributed by atoms with Crippen LogP contribution in [0.15, 0.2) is 18.2 Å². The van der Waals surface area contributed by atoms with Gasteiger partial charge in [0, 0.05) is 0 Å². The Balaban J connectivity index is 2.19. The molecule has 0 saturated heterocycles. The number of rotatable bonds is 3. The Hall–Kier alpha value is -1.60. The van der Waals surface area contributed by atoms with Crippen molar-refractivity contribution in [1.82, 2.24) is 4.98 Å². The van der Waals surface area contributed by atoms with Gasteiger partial charge in [-0.1, -0.05) is 0 Å². The van der Waals surface area contributed by atoms with Crippen LogP contribution in [0.25, 0.3) is 10.2 Å². The summed E-state index contributed by atoms with van der Waals surface area (Å²) in [6, 6.07) is 7.85. The third-order valence-electron chi connectivity index (χ3n) is 1.95. The fraction of sp³-hybridized carbons (Fsp3) is 0.273. The van der Waals surface area contributed by atoms with E-state index in [2.05, 4.69) is 4.98 Å². The van der Waals surface area contributed by atoms with Crippen LogP contribution < -0.4 is 4.74 Å². The first-order valence-electron chi connectivity index (χ1n) is 4.66. The summed E-state index contributed by atoms with van der Waals surface area (Å²) < 4.78 is 6.55. The standard InChI is InChI=1S/C11H10N2OS/c1-8-13-10-4-3-9(7-11(10)15-8)14-6-2-5-12/h3-4,7H,2,6H2,1H3. The van der Waals surface area contributed by atoms with Gasteiger partial charge in [0.2, 0.25) is 0 Å².